The zero-order valence-corrected chi connectivity index (χ0v) is 35.7. The lowest BCUT2D eigenvalue weighted by molar-refractivity contribution is -0.146. The summed E-state index contributed by atoms with van der Waals surface area (Å²) in [6, 6.07) is 19.7. The first-order valence-corrected chi connectivity index (χ1v) is 22.5. The second-order valence-corrected chi connectivity index (χ2v) is 17.8. The largest absolute Gasteiger partial charge is 0.506 e. The van der Waals surface area contributed by atoms with Crippen LogP contribution in [0, 0.1) is 6.92 Å². The molecule has 2 amide bonds. The van der Waals surface area contributed by atoms with Gasteiger partial charge in [-0.3, -0.25) is 29.1 Å². The molecule has 5 aliphatic rings. The number of hydrogen-bond acceptors (Lipinski definition) is 10. The molecular weight excluding hydrogens is 775 g/mol. The number of carboxylic acids is 1. The quantitative estimate of drug-likeness (QED) is 0.167. The molecule has 3 aromatic rings. The van der Waals surface area contributed by atoms with Crippen molar-refractivity contribution in [2.75, 3.05) is 77.5 Å². The number of benzene rings is 3. The predicted octanol–water partition coefficient (Wildman–Crippen LogP) is 5.50. The van der Waals surface area contributed by atoms with Crippen LogP contribution in [0.1, 0.15) is 84.0 Å². The van der Waals surface area contributed by atoms with Crippen molar-refractivity contribution >= 4 is 23.5 Å². The molecule has 0 bridgehead atoms. The van der Waals surface area contributed by atoms with Crippen LogP contribution in [-0.4, -0.2) is 144 Å². The molecule has 1 unspecified atom stereocenters. The van der Waals surface area contributed by atoms with E-state index in [9.17, 15) is 24.6 Å². The molecular formula is C48H63N5O8. The van der Waals surface area contributed by atoms with E-state index in [1.807, 2.05) is 42.2 Å². The van der Waals surface area contributed by atoms with Crippen LogP contribution in [0.3, 0.4) is 0 Å². The van der Waals surface area contributed by atoms with Gasteiger partial charge >= 0.3 is 5.97 Å². The Hall–Kier alpha value is -4.53. The summed E-state index contributed by atoms with van der Waals surface area (Å²) in [5.41, 5.74) is 5.18. The molecule has 13 heteroatoms. The van der Waals surface area contributed by atoms with E-state index in [0.717, 1.165) is 75.1 Å². The number of phenolic OH excluding ortho intramolecular Hbond substituents is 1. The van der Waals surface area contributed by atoms with Crippen LogP contribution in [0.15, 0.2) is 60.7 Å². The molecule has 3 aromatic carbocycles. The number of aliphatic carboxylic acids is 1. The van der Waals surface area contributed by atoms with E-state index in [1.54, 1.807) is 6.07 Å². The fourth-order valence-electron chi connectivity index (χ4n) is 10.3. The number of carbonyl (C=O) groups excluding carboxylic acids is 2. The highest BCUT2D eigenvalue weighted by atomic mass is 16.5. The molecule has 2 atom stereocenters. The van der Waals surface area contributed by atoms with E-state index in [0.29, 0.717) is 76.1 Å². The molecule has 4 heterocycles. The zero-order valence-electron chi connectivity index (χ0n) is 35.7. The Balaban J connectivity index is 0.807. The molecule has 61 heavy (non-hydrogen) atoms. The summed E-state index contributed by atoms with van der Waals surface area (Å²) < 4.78 is 18.5. The monoisotopic (exact) mass is 837 g/mol. The van der Waals surface area contributed by atoms with E-state index in [2.05, 4.69) is 44.3 Å². The van der Waals surface area contributed by atoms with Gasteiger partial charge in [-0.1, -0.05) is 67.8 Å². The molecule has 328 valence electrons. The van der Waals surface area contributed by atoms with Gasteiger partial charge in [0, 0.05) is 64.0 Å². The predicted molar refractivity (Wildman–Crippen MR) is 232 cm³/mol. The number of aryl methyl sites for hydroxylation is 1. The van der Waals surface area contributed by atoms with E-state index < -0.39 is 12.0 Å². The Bertz CT molecular complexity index is 2010. The Kier molecular flexibility index (Phi) is 13.9. The number of rotatable bonds is 15. The van der Waals surface area contributed by atoms with Crippen molar-refractivity contribution in [2.45, 2.75) is 101 Å². The van der Waals surface area contributed by atoms with E-state index in [-0.39, 0.29) is 35.9 Å². The highest BCUT2D eigenvalue weighted by Gasteiger charge is 2.42. The molecule has 1 aliphatic carbocycles. The summed E-state index contributed by atoms with van der Waals surface area (Å²) in [6.45, 7) is 9.70. The van der Waals surface area contributed by atoms with Crippen molar-refractivity contribution in [3.63, 3.8) is 0 Å². The normalized spacial score (nSPS) is 22.3. The van der Waals surface area contributed by atoms with Gasteiger partial charge in [0.15, 0.2) is 12.4 Å². The van der Waals surface area contributed by atoms with Gasteiger partial charge in [-0.25, -0.2) is 0 Å². The van der Waals surface area contributed by atoms with Crippen LogP contribution in [0.2, 0.25) is 0 Å². The van der Waals surface area contributed by atoms with Crippen molar-refractivity contribution in [3.05, 3.63) is 88.5 Å². The molecule has 1 spiro atoms. The smallest absolute Gasteiger partial charge is 0.323 e. The Morgan fingerprint density at radius 1 is 0.934 bits per heavy atom. The van der Waals surface area contributed by atoms with Crippen LogP contribution >= 0.6 is 0 Å². The van der Waals surface area contributed by atoms with Crippen molar-refractivity contribution < 1.29 is 38.8 Å². The number of anilines is 1. The van der Waals surface area contributed by atoms with E-state index >= 15 is 0 Å². The fraction of sp³-hybridized carbons (Fsp3) is 0.562. The number of ether oxygens (including phenoxy) is 3. The molecule has 3 N–H and O–H groups in total. The maximum Gasteiger partial charge on any atom is 0.323 e. The van der Waals surface area contributed by atoms with Crippen molar-refractivity contribution in [1.29, 1.82) is 0 Å². The van der Waals surface area contributed by atoms with E-state index in [4.69, 9.17) is 14.2 Å². The minimum Gasteiger partial charge on any atom is -0.506 e. The average Bonchev–Trinajstić information content (AvgIpc) is 3.68. The number of piperidine rings is 1. The summed E-state index contributed by atoms with van der Waals surface area (Å²) in [7, 11) is 0. The maximum absolute atomic E-state index is 13.4. The second kappa shape index (κ2) is 19.7. The number of nitrogens with one attached hydrogen (secondary N) is 1. The highest BCUT2D eigenvalue weighted by molar-refractivity contribution is 5.97. The van der Waals surface area contributed by atoms with Gasteiger partial charge in [0.2, 0.25) is 0 Å². The summed E-state index contributed by atoms with van der Waals surface area (Å²) in [5, 5.41) is 23.5. The van der Waals surface area contributed by atoms with Crippen LogP contribution in [-0.2, 0) is 38.4 Å². The van der Waals surface area contributed by atoms with Crippen LogP contribution < -0.4 is 10.1 Å². The van der Waals surface area contributed by atoms with Crippen molar-refractivity contribution in [2.24, 2.45) is 0 Å². The number of phenols is 1. The van der Waals surface area contributed by atoms with Gasteiger partial charge in [0.1, 0.15) is 17.5 Å². The second-order valence-electron chi connectivity index (χ2n) is 17.8. The first kappa shape index (κ1) is 43.1. The number of amides is 2. The van der Waals surface area contributed by atoms with Gasteiger partial charge in [-0.2, -0.15) is 0 Å². The number of fused-ring (bicyclic) bond motifs is 1. The highest BCUT2D eigenvalue weighted by Crippen LogP contribution is 2.40. The number of hydrogen-bond donors (Lipinski definition) is 3. The Morgan fingerprint density at radius 2 is 1.74 bits per heavy atom. The third-order valence-corrected chi connectivity index (χ3v) is 13.8. The zero-order chi connectivity index (χ0) is 42.3. The number of nitrogens with zero attached hydrogens (tertiary/aromatic N) is 4. The summed E-state index contributed by atoms with van der Waals surface area (Å²) >= 11 is 0. The Labute approximate surface area is 359 Å². The average molecular weight is 838 g/mol. The van der Waals surface area contributed by atoms with Crippen LogP contribution in [0.5, 0.6) is 11.5 Å². The summed E-state index contributed by atoms with van der Waals surface area (Å²) in [4.78, 5) is 47.1. The van der Waals surface area contributed by atoms with Gasteiger partial charge in [-0.05, 0) is 86.3 Å². The van der Waals surface area contributed by atoms with Crippen molar-refractivity contribution in [3.8, 4) is 11.5 Å². The minimum absolute atomic E-state index is 0.00449. The van der Waals surface area contributed by atoms with Gasteiger partial charge in [-0.15, -0.1) is 0 Å². The van der Waals surface area contributed by atoms with Crippen molar-refractivity contribution in [1.82, 2.24) is 19.6 Å². The first-order valence-electron chi connectivity index (χ1n) is 22.5. The molecule has 0 radical (unpaired) electrons. The van der Waals surface area contributed by atoms with Crippen LogP contribution in [0.4, 0.5) is 5.69 Å². The standard InChI is InChI=1S/C48H63N5O8/c1-34-8-5-6-13-39(34)46(56)53-27-29-61-48(33-53)19-23-50(24-20-48)31-36-10-7-9-35(30-36)18-28-59-41-17-22-52(44(41)47(57)58)26-25-51(38-11-3-2-4-12-38)21-16-37-14-15-40(54)43-45(37)60-32-42(55)49-43/h5-10,13-15,30,38,41,44,54H,2-4,11-12,16-29,31-33H2,1H3,(H,49,55)(H,57,58)/t41?,44-/m0/s1. The number of carboxylic acid groups (broad SMARTS) is 1. The lowest BCUT2D eigenvalue weighted by atomic mass is 9.88. The SMILES string of the molecule is Cc1ccccc1C(=O)N1CCOC2(CCN(Cc3cccc(CCOC4CCN(CCN(CCc5ccc(O)c6c5OCC(=O)N6)C5CCCCC5)[C@@H]4C(=O)O)c3)CC2)C1. The third-order valence-electron chi connectivity index (χ3n) is 13.8. The number of morpholine rings is 1. The van der Waals surface area contributed by atoms with E-state index in [1.165, 1.54) is 30.4 Å². The Morgan fingerprint density at radius 3 is 2.54 bits per heavy atom. The van der Waals surface area contributed by atoms with Gasteiger partial charge in [0.05, 0.1) is 31.5 Å². The minimum atomic E-state index is -0.837. The lowest BCUT2D eigenvalue weighted by Gasteiger charge is -2.47. The molecule has 1 saturated carbocycles. The number of carbonyl (C=O) groups is 3. The molecule has 4 aliphatic heterocycles. The lowest BCUT2D eigenvalue weighted by Crippen LogP contribution is -2.58. The third kappa shape index (κ3) is 10.4. The van der Waals surface area contributed by atoms with Gasteiger partial charge in [0.25, 0.3) is 11.8 Å². The number of aromatic hydroxyl groups is 1. The molecule has 0 aromatic heterocycles. The molecule has 8 rings (SSSR count). The van der Waals surface area contributed by atoms with Gasteiger partial charge < -0.3 is 34.6 Å². The fourth-order valence-corrected chi connectivity index (χ4v) is 10.3. The summed E-state index contributed by atoms with van der Waals surface area (Å²) in [5.74, 6) is -0.493. The van der Waals surface area contributed by atoms with Crippen LogP contribution in [0.25, 0.3) is 0 Å². The summed E-state index contributed by atoms with van der Waals surface area (Å²) in [6.07, 6.45) is 9.37. The molecule has 13 nitrogen and oxygen atoms in total. The maximum atomic E-state index is 13.4. The molecule has 4 fully saturated rings. The first-order chi connectivity index (χ1) is 29.6. The topological polar surface area (TPSA) is 144 Å². The molecule has 3 saturated heterocycles. The number of likely N-dealkylation sites (tertiary alicyclic amines) is 2.